The van der Waals surface area contributed by atoms with E-state index in [1.165, 1.54) is 29.2 Å². The van der Waals surface area contributed by atoms with Crippen molar-refractivity contribution < 1.29 is 9.18 Å². The van der Waals surface area contributed by atoms with Crippen molar-refractivity contribution in [2.24, 2.45) is 0 Å². The number of thiazole rings is 1. The van der Waals surface area contributed by atoms with Crippen LogP contribution in [0.25, 0.3) is 17.1 Å². The van der Waals surface area contributed by atoms with E-state index in [4.69, 9.17) is 11.6 Å². The van der Waals surface area contributed by atoms with Crippen molar-refractivity contribution >= 4 is 40.6 Å². The molecule has 4 aromatic rings. The lowest BCUT2D eigenvalue weighted by molar-refractivity contribution is 0.0938. The number of carbonyl (C=O) groups is 1. The third-order valence-corrected chi connectivity index (χ3v) is 6.67. The molecule has 0 saturated carbocycles. The van der Waals surface area contributed by atoms with Crippen molar-refractivity contribution in [1.29, 1.82) is 0 Å². The van der Waals surface area contributed by atoms with Gasteiger partial charge in [-0.3, -0.25) is 9.36 Å². The first-order valence-corrected chi connectivity index (χ1v) is 12.0. The van der Waals surface area contributed by atoms with E-state index in [2.05, 4.69) is 20.5 Å². The number of carbonyl (C=O) groups excluding carboxylic acids is 1. The topological polar surface area (TPSA) is 72.7 Å². The predicted molar refractivity (Wildman–Crippen MR) is 126 cm³/mol. The average molecular weight is 488 g/mol. The van der Waals surface area contributed by atoms with Crippen LogP contribution in [0.15, 0.2) is 59.1 Å². The quantitative estimate of drug-likeness (QED) is 0.343. The molecule has 2 aromatic heterocycles. The molecule has 0 spiro atoms. The molecule has 0 atom stereocenters. The summed E-state index contributed by atoms with van der Waals surface area (Å²) in [5.41, 5.74) is 1.36. The lowest BCUT2D eigenvalue weighted by atomic mass is 10.2. The largest absolute Gasteiger partial charge is 0.349 e. The van der Waals surface area contributed by atoms with Gasteiger partial charge in [-0.2, -0.15) is 0 Å². The minimum atomic E-state index is -0.399. The molecule has 2 heterocycles. The summed E-state index contributed by atoms with van der Waals surface area (Å²) in [4.78, 5) is 16.6. The van der Waals surface area contributed by atoms with E-state index in [0.717, 1.165) is 5.01 Å². The lowest BCUT2D eigenvalue weighted by Crippen LogP contribution is -2.30. The number of hydrogen-bond donors (Lipinski definition) is 1. The van der Waals surface area contributed by atoms with E-state index in [9.17, 15) is 9.18 Å². The second-order valence-corrected chi connectivity index (χ2v) is 9.41. The molecule has 0 radical (unpaired) electrons. The summed E-state index contributed by atoms with van der Waals surface area (Å²) in [5, 5.41) is 14.9. The second kappa shape index (κ2) is 9.81. The molecule has 2 aromatic carbocycles. The Morgan fingerprint density at radius 2 is 1.94 bits per heavy atom. The first-order chi connectivity index (χ1) is 15.4. The van der Waals surface area contributed by atoms with Crippen LogP contribution in [0.3, 0.4) is 0 Å². The van der Waals surface area contributed by atoms with Gasteiger partial charge < -0.3 is 5.32 Å². The normalized spacial score (nSPS) is 11.2. The summed E-state index contributed by atoms with van der Waals surface area (Å²) in [6.07, 6.45) is 0. The molecule has 1 amide bonds. The number of aromatic nitrogens is 4. The fourth-order valence-corrected chi connectivity index (χ4v) is 4.93. The van der Waals surface area contributed by atoms with Crippen LogP contribution in [-0.4, -0.2) is 31.7 Å². The molecule has 0 aliphatic rings. The van der Waals surface area contributed by atoms with E-state index in [0.29, 0.717) is 38.7 Å². The van der Waals surface area contributed by atoms with Gasteiger partial charge in [-0.05, 0) is 38.1 Å². The summed E-state index contributed by atoms with van der Waals surface area (Å²) in [5.74, 6) is 0.293. The van der Waals surface area contributed by atoms with Crippen LogP contribution in [0.1, 0.15) is 29.3 Å². The molecule has 164 valence electrons. The molecule has 0 unspecified atom stereocenters. The number of rotatable bonds is 7. The van der Waals surface area contributed by atoms with E-state index in [-0.39, 0.29) is 11.9 Å². The molecule has 10 heteroatoms. The molecular weight excluding hydrogens is 469 g/mol. The number of nitrogens with zero attached hydrogens (tertiary/aromatic N) is 4. The number of amides is 1. The highest BCUT2D eigenvalue weighted by Crippen LogP contribution is 2.34. The zero-order chi connectivity index (χ0) is 22.7. The van der Waals surface area contributed by atoms with Crippen molar-refractivity contribution in [3.63, 3.8) is 0 Å². The SMILES string of the molecule is CC(C)NC(=O)c1csc(CSc2nnc(-c3ccccc3Cl)n2-c2ccccc2F)n1. The van der Waals surface area contributed by atoms with Gasteiger partial charge in [0.15, 0.2) is 11.0 Å². The molecule has 0 aliphatic carbocycles. The van der Waals surface area contributed by atoms with Gasteiger partial charge in [0.1, 0.15) is 16.5 Å². The van der Waals surface area contributed by atoms with Gasteiger partial charge in [-0.25, -0.2) is 9.37 Å². The number of halogens is 2. The molecule has 0 aliphatic heterocycles. The van der Waals surface area contributed by atoms with Gasteiger partial charge in [0.2, 0.25) is 0 Å². The number of benzene rings is 2. The molecule has 0 saturated heterocycles. The van der Waals surface area contributed by atoms with Crippen LogP contribution < -0.4 is 5.32 Å². The Hall–Kier alpha value is -2.75. The van der Waals surface area contributed by atoms with Gasteiger partial charge in [-0.1, -0.05) is 47.6 Å². The highest BCUT2D eigenvalue weighted by Gasteiger charge is 2.21. The van der Waals surface area contributed by atoms with Crippen LogP contribution in [0, 0.1) is 5.82 Å². The van der Waals surface area contributed by atoms with Crippen molar-refractivity contribution in [2.75, 3.05) is 0 Å². The van der Waals surface area contributed by atoms with Crippen molar-refractivity contribution in [3.8, 4) is 17.1 Å². The van der Waals surface area contributed by atoms with Crippen LogP contribution >= 0.6 is 34.7 Å². The van der Waals surface area contributed by atoms with Crippen LogP contribution in [0.5, 0.6) is 0 Å². The summed E-state index contributed by atoms with van der Waals surface area (Å²) in [6, 6.07) is 13.7. The van der Waals surface area contributed by atoms with Crippen molar-refractivity contribution in [2.45, 2.75) is 30.8 Å². The van der Waals surface area contributed by atoms with Crippen LogP contribution in [-0.2, 0) is 5.75 Å². The fraction of sp³-hybridized carbons (Fsp3) is 0.182. The third kappa shape index (κ3) is 4.85. The summed E-state index contributed by atoms with van der Waals surface area (Å²) in [6.45, 7) is 3.79. The highest BCUT2D eigenvalue weighted by molar-refractivity contribution is 7.98. The summed E-state index contributed by atoms with van der Waals surface area (Å²) >= 11 is 9.13. The van der Waals surface area contributed by atoms with Gasteiger partial charge >= 0.3 is 0 Å². The minimum absolute atomic E-state index is 0.0320. The predicted octanol–water partition coefficient (Wildman–Crippen LogP) is 5.61. The Balaban J connectivity index is 1.65. The molecule has 4 rings (SSSR count). The van der Waals surface area contributed by atoms with E-state index in [1.54, 1.807) is 34.2 Å². The minimum Gasteiger partial charge on any atom is -0.349 e. The first-order valence-electron chi connectivity index (χ1n) is 9.77. The van der Waals surface area contributed by atoms with E-state index in [1.807, 2.05) is 32.0 Å². The highest BCUT2D eigenvalue weighted by atomic mass is 35.5. The smallest absolute Gasteiger partial charge is 0.270 e. The molecule has 0 bridgehead atoms. The molecule has 0 fully saturated rings. The standard InChI is InChI=1S/C22H19ClFN5OS2/c1-13(2)25-21(30)17-11-31-19(26-17)12-32-22-28-27-20(14-7-3-4-8-15(14)23)29(22)18-10-6-5-9-16(18)24/h3-11,13H,12H2,1-2H3,(H,25,30). The van der Waals surface area contributed by atoms with Gasteiger partial charge in [0.05, 0.1) is 16.5 Å². The average Bonchev–Trinajstić information content (AvgIpc) is 3.40. The molecule has 32 heavy (non-hydrogen) atoms. The summed E-state index contributed by atoms with van der Waals surface area (Å²) < 4.78 is 16.4. The van der Waals surface area contributed by atoms with Gasteiger partial charge in [0.25, 0.3) is 5.91 Å². The second-order valence-electron chi connectivity index (χ2n) is 7.12. The maximum atomic E-state index is 14.7. The summed E-state index contributed by atoms with van der Waals surface area (Å²) in [7, 11) is 0. The van der Waals surface area contributed by atoms with Crippen LogP contribution in [0.4, 0.5) is 4.39 Å². The Labute approximate surface area is 197 Å². The Morgan fingerprint density at radius 1 is 1.19 bits per heavy atom. The number of para-hydroxylation sites is 1. The van der Waals surface area contributed by atoms with E-state index >= 15 is 0 Å². The number of nitrogens with one attached hydrogen (secondary N) is 1. The van der Waals surface area contributed by atoms with Gasteiger partial charge in [-0.15, -0.1) is 21.5 Å². The third-order valence-electron chi connectivity index (χ3n) is 4.37. The maximum absolute atomic E-state index is 14.7. The van der Waals surface area contributed by atoms with E-state index < -0.39 is 5.82 Å². The first kappa shape index (κ1) is 22.4. The zero-order valence-electron chi connectivity index (χ0n) is 17.3. The Morgan fingerprint density at radius 3 is 2.69 bits per heavy atom. The molecule has 6 nitrogen and oxygen atoms in total. The maximum Gasteiger partial charge on any atom is 0.270 e. The monoisotopic (exact) mass is 487 g/mol. The Kier molecular flexibility index (Phi) is 6.88. The zero-order valence-corrected chi connectivity index (χ0v) is 19.6. The number of thioether (sulfide) groups is 1. The fourth-order valence-electron chi connectivity index (χ4n) is 2.97. The molecular formula is C22H19ClFN5OS2. The molecule has 1 N–H and O–H groups in total. The van der Waals surface area contributed by atoms with Crippen LogP contribution in [0.2, 0.25) is 5.02 Å². The number of hydrogen-bond acceptors (Lipinski definition) is 6. The van der Waals surface area contributed by atoms with Gasteiger partial charge in [0, 0.05) is 17.0 Å². The van der Waals surface area contributed by atoms with Crippen molar-refractivity contribution in [1.82, 2.24) is 25.1 Å². The Bertz CT molecular complexity index is 1260. The van der Waals surface area contributed by atoms with Crippen molar-refractivity contribution in [3.05, 3.63) is 75.5 Å². The lowest BCUT2D eigenvalue weighted by Gasteiger charge is -2.11.